The predicted octanol–water partition coefficient (Wildman–Crippen LogP) is 3.15. The summed E-state index contributed by atoms with van der Waals surface area (Å²) in [6.07, 6.45) is 6.83. The molecule has 2 N–H and O–H groups in total. The molecule has 1 aliphatic carbocycles. The molecule has 1 saturated carbocycles. The zero-order valence-electron chi connectivity index (χ0n) is 16.2. The first-order chi connectivity index (χ1) is 13.7. The SMILES string of the molecule is O=C1NCCCCCCN(C(=O)Nc2ccc3c(c2)OCCO3)[C@H]2CCC[C@@H]12. The first-order valence-electron chi connectivity index (χ1n) is 10.5. The summed E-state index contributed by atoms with van der Waals surface area (Å²) in [5.41, 5.74) is 0.683. The van der Waals surface area contributed by atoms with Crippen molar-refractivity contribution in [1.82, 2.24) is 10.2 Å². The molecule has 7 nitrogen and oxygen atoms in total. The number of nitrogens with one attached hydrogen (secondary N) is 2. The standard InChI is InChI=1S/C21H29N3O4/c25-20-16-6-5-7-17(16)24(11-4-2-1-3-10-22-20)21(26)23-15-8-9-18-19(14-15)28-13-12-27-18/h8-9,14,16-17H,1-7,10-13H2,(H,22,25)(H,23,26)/t16-,17+/m1/s1. The second kappa shape index (κ2) is 8.71. The van der Waals surface area contributed by atoms with Gasteiger partial charge in [0.15, 0.2) is 11.5 Å². The molecule has 0 bridgehead atoms. The molecule has 0 radical (unpaired) electrons. The van der Waals surface area contributed by atoms with E-state index in [0.717, 1.165) is 51.5 Å². The molecule has 1 aromatic carbocycles. The maximum Gasteiger partial charge on any atom is 0.322 e. The number of ether oxygens (including phenoxy) is 2. The highest BCUT2D eigenvalue weighted by atomic mass is 16.6. The van der Waals surface area contributed by atoms with Crippen LogP contribution in [0.5, 0.6) is 11.5 Å². The number of benzene rings is 1. The summed E-state index contributed by atoms with van der Waals surface area (Å²) >= 11 is 0. The first kappa shape index (κ1) is 18.9. The second-order valence-corrected chi connectivity index (χ2v) is 7.79. The number of amides is 3. The van der Waals surface area contributed by atoms with Crippen molar-refractivity contribution in [3.8, 4) is 11.5 Å². The lowest BCUT2D eigenvalue weighted by Crippen LogP contribution is -2.48. The minimum Gasteiger partial charge on any atom is -0.486 e. The van der Waals surface area contributed by atoms with Crippen LogP contribution in [0.3, 0.4) is 0 Å². The highest BCUT2D eigenvalue weighted by Crippen LogP contribution is 2.34. The zero-order chi connectivity index (χ0) is 19.3. The van der Waals surface area contributed by atoms with Gasteiger partial charge in [-0.15, -0.1) is 0 Å². The lowest BCUT2D eigenvalue weighted by Gasteiger charge is -2.32. The fourth-order valence-electron chi connectivity index (χ4n) is 4.46. The number of hydrogen-bond donors (Lipinski definition) is 2. The van der Waals surface area contributed by atoms with E-state index in [-0.39, 0.29) is 23.9 Å². The van der Waals surface area contributed by atoms with Crippen LogP contribution in [-0.4, -0.2) is 49.2 Å². The van der Waals surface area contributed by atoms with Gasteiger partial charge in [-0.2, -0.15) is 0 Å². The van der Waals surface area contributed by atoms with Crippen LogP contribution in [0.4, 0.5) is 10.5 Å². The molecule has 2 aliphatic heterocycles. The molecular formula is C21H29N3O4. The Kier molecular flexibility index (Phi) is 5.88. The highest BCUT2D eigenvalue weighted by molar-refractivity contribution is 5.91. The summed E-state index contributed by atoms with van der Waals surface area (Å²) < 4.78 is 11.2. The van der Waals surface area contributed by atoms with Gasteiger partial charge < -0.3 is 25.0 Å². The number of rotatable bonds is 1. The van der Waals surface area contributed by atoms with E-state index in [0.29, 0.717) is 36.9 Å². The van der Waals surface area contributed by atoms with Crippen molar-refractivity contribution >= 4 is 17.6 Å². The van der Waals surface area contributed by atoms with E-state index < -0.39 is 0 Å². The molecule has 2 atom stereocenters. The molecule has 0 unspecified atom stereocenters. The maximum absolute atomic E-state index is 13.1. The number of nitrogens with zero attached hydrogens (tertiary/aromatic N) is 1. The summed E-state index contributed by atoms with van der Waals surface area (Å²) in [4.78, 5) is 27.6. The molecule has 4 rings (SSSR count). The smallest absolute Gasteiger partial charge is 0.322 e. The van der Waals surface area contributed by atoms with E-state index in [9.17, 15) is 9.59 Å². The van der Waals surface area contributed by atoms with Gasteiger partial charge in [-0.25, -0.2) is 4.79 Å². The fourth-order valence-corrected chi connectivity index (χ4v) is 4.46. The van der Waals surface area contributed by atoms with Gasteiger partial charge >= 0.3 is 6.03 Å². The normalized spacial score (nSPS) is 25.3. The Morgan fingerprint density at radius 3 is 2.75 bits per heavy atom. The van der Waals surface area contributed by atoms with Gasteiger partial charge in [0.1, 0.15) is 13.2 Å². The van der Waals surface area contributed by atoms with Crippen molar-refractivity contribution in [3.05, 3.63) is 18.2 Å². The lowest BCUT2D eigenvalue weighted by molar-refractivity contribution is -0.126. The van der Waals surface area contributed by atoms with Gasteiger partial charge in [0.25, 0.3) is 0 Å². The van der Waals surface area contributed by atoms with Crippen LogP contribution in [0.25, 0.3) is 0 Å². The molecular weight excluding hydrogens is 358 g/mol. The lowest BCUT2D eigenvalue weighted by atomic mass is 10.0. The minimum absolute atomic E-state index is 0.0321. The minimum atomic E-state index is -0.138. The van der Waals surface area contributed by atoms with Crippen molar-refractivity contribution in [2.75, 3.05) is 31.6 Å². The Morgan fingerprint density at radius 2 is 1.86 bits per heavy atom. The van der Waals surface area contributed by atoms with Crippen LogP contribution in [0.1, 0.15) is 44.9 Å². The number of urea groups is 1. The van der Waals surface area contributed by atoms with Gasteiger partial charge in [-0.3, -0.25) is 4.79 Å². The molecule has 7 heteroatoms. The van der Waals surface area contributed by atoms with Crippen LogP contribution < -0.4 is 20.1 Å². The average Bonchev–Trinajstić information content (AvgIpc) is 3.18. The molecule has 1 saturated heterocycles. The third-order valence-corrected chi connectivity index (χ3v) is 5.90. The van der Waals surface area contributed by atoms with Gasteiger partial charge in [0.05, 0.1) is 5.92 Å². The molecule has 0 spiro atoms. The van der Waals surface area contributed by atoms with Gasteiger partial charge in [-0.05, 0) is 37.8 Å². The Labute approximate surface area is 165 Å². The van der Waals surface area contributed by atoms with Crippen molar-refractivity contribution < 1.29 is 19.1 Å². The fraction of sp³-hybridized carbons (Fsp3) is 0.619. The maximum atomic E-state index is 13.1. The summed E-state index contributed by atoms with van der Waals surface area (Å²) in [7, 11) is 0. The van der Waals surface area contributed by atoms with Crippen LogP contribution >= 0.6 is 0 Å². The van der Waals surface area contributed by atoms with E-state index in [2.05, 4.69) is 10.6 Å². The van der Waals surface area contributed by atoms with Gasteiger partial charge in [0, 0.05) is 30.9 Å². The second-order valence-electron chi connectivity index (χ2n) is 7.79. The van der Waals surface area contributed by atoms with Gasteiger partial charge in [0.2, 0.25) is 5.91 Å². The van der Waals surface area contributed by atoms with Crippen molar-refractivity contribution in [2.24, 2.45) is 5.92 Å². The molecule has 3 aliphatic rings. The van der Waals surface area contributed by atoms with E-state index in [1.54, 1.807) is 6.07 Å². The van der Waals surface area contributed by atoms with Gasteiger partial charge in [-0.1, -0.05) is 19.3 Å². The number of carbonyl (C=O) groups is 2. The van der Waals surface area contributed by atoms with E-state index >= 15 is 0 Å². The summed E-state index contributed by atoms with van der Waals surface area (Å²) in [5, 5.41) is 6.08. The van der Waals surface area contributed by atoms with Crippen LogP contribution in [-0.2, 0) is 4.79 Å². The van der Waals surface area contributed by atoms with Crippen LogP contribution in [0, 0.1) is 5.92 Å². The average molecular weight is 387 g/mol. The number of carbonyl (C=O) groups excluding carboxylic acids is 2. The Balaban J connectivity index is 1.50. The third-order valence-electron chi connectivity index (χ3n) is 5.90. The summed E-state index contributed by atoms with van der Waals surface area (Å²) in [6.45, 7) is 2.48. The van der Waals surface area contributed by atoms with E-state index in [1.165, 1.54) is 0 Å². The largest absolute Gasteiger partial charge is 0.486 e. The van der Waals surface area contributed by atoms with E-state index in [4.69, 9.17) is 9.47 Å². The monoisotopic (exact) mass is 387 g/mol. The number of hydrogen-bond acceptors (Lipinski definition) is 4. The Hall–Kier alpha value is -2.44. The molecule has 152 valence electrons. The topological polar surface area (TPSA) is 79.9 Å². The van der Waals surface area contributed by atoms with Crippen LogP contribution in [0.15, 0.2) is 18.2 Å². The number of anilines is 1. The van der Waals surface area contributed by atoms with Crippen LogP contribution in [0.2, 0.25) is 0 Å². The third kappa shape index (κ3) is 4.18. The molecule has 2 heterocycles. The predicted molar refractivity (Wildman–Crippen MR) is 106 cm³/mol. The highest BCUT2D eigenvalue weighted by Gasteiger charge is 2.38. The van der Waals surface area contributed by atoms with Crippen molar-refractivity contribution in [3.63, 3.8) is 0 Å². The molecule has 3 amide bonds. The summed E-state index contributed by atoms with van der Waals surface area (Å²) in [5.74, 6) is 1.34. The first-order valence-corrected chi connectivity index (χ1v) is 10.5. The Morgan fingerprint density at radius 1 is 1.04 bits per heavy atom. The molecule has 28 heavy (non-hydrogen) atoms. The zero-order valence-corrected chi connectivity index (χ0v) is 16.2. The molecule has 1 aromatic rings. The molecule has 2 fully saturated rings. The number of fused-ring (bicyclic) bond motifs is 2. The quantitative estimate of drug-likeness (QED) is 0.776. The molecule has 0 aromatic heterocycles. The van der Waals surface area contributed by atoms with E-state index in [1.807, 2.05) is 17.0 Å². The van der Waals surface area contributed by atoms with Crippen molar-refractivity contribution in [2.45, 2.75) is 51.0 Å². The Bertz CT molecular complexity index is 724. The summed E-state index contributed by atoms with van der Waals surface area (Å²) in [6, 6.07) is 5.28. The van der Waals surface area contributed by atoms with Crippen molar-refractivity contribution in [1.29, 1.82) is 0 Å².